The molecule has 0 heterocycles. The van der Waals surface area contributed by atoms with Gasteiger partial charge in [-0.3, -0.25) is 4.79 Å². The summed E-state index contributed by atoms with van der Waals surface area (Å²) >= 11 is 0. The van der Waals surface area contributed by atoms with Crippen LogP contribution in [0.1, 0.15) is 39.5 Å². The third-order valence-corrected chi connectivity index (χ3v) is 2.64. The van der Waals surface area contributed by atoms with Crippen LogP contribution in [0.25, 0.3) is 0 Å². The molecule has 1 N–H and O–H groups in total. The molecule has 0 amide bonds. The van der Waals surface area contributed by atoms with E-state index >= 15 is 0 Å². The molecule has 1 aliphatic carbocycles. The summed E-state index contributed by atoms with van der Waals surface area (Å²) in [6, 6.07) is 0. The van der Waals surface area contributed by atoms with E-state index in [0.29, 0.717) is 0 Å². The van der Waals surface area contributed by atoms with Crippen molar-refractivity contribution in [2.75, 3.05) is 0 Å². The molecule has 1 fully saturated rings. The van der Waals surface area contributed by atoms with Crippen LogP contribution in [-0.4, -0.2) is 10.9 Å². The molecular formula is C11H18O2. The second-order valence-corrected chi connectivity index (χ2v) is 4.11. The highest BCUT2D eigenvalue weighted by Crippen LogP contribution is 2.26. The Morgan fingerprint density at radius 1 is 1.38 bits per heavy atom. The number of rotatable bonds is 3. The van der Waals surface area contributed by atoms with E-state index in [9.17, 15) is 9.90 Å². The molecule has 1 rings (SSSR count). The summed E-state index contributed by atoms with van der Waals surface area (Å²) in [6.07, 6.45) is 5.74. The van der Waals surface area contributed by atoms with Crippen LogP contribution in [0.5, 0.6) is 0 Å². The highest BCUT2D eigenvalue weighted by atomic mass is 16.3. The number of hydrogen-bond acceptors (Lipinski definition) is 2. The first-order chi connectivity index (χ1) is 6.11. The van der Waals surface area contributed by atoms with Crippen LogP contribution in [0.15, 0.2) is 11.8 Å². The molecule has 0 aliphatic heterocycles. The molecule has 0 aromatic carbocycles. The van der Waals surface area contributed by atoms with Crippen molar-refractivity contribution < 1.29 is 9.90 Å². The Morgan fingerprint density at radius 2 is 1.92 bits per heavy atom. The molecule has 2 nitrogen and oxygen atoms in total. The van der Waals surface area contributed by atoms with Crippen molar-refractivity contribution in [1.29, 1.82) is 0 Å². The van der Waals surface area contributed by atoms with Gasteiger partial charge in [-0.1, -0.05) is 26.7 Å². The lowest BCUT2D eigenvalue weighted by atomic mass is 10.0. The summed E-state index contributed by atoms with van der Waals surface area (Å²) in [4.78, 5) is 11.5. The van der Waals surface area contributed by atoms with E-state index in [-0.39, 0.29) is 23.4 Å². The van der Waals surface area contributed by atoms with Gasteiger partial charge < -0.3 is 5.11 Å². The fourth-order valence-corrected chi connectivity index (χ4v) is 1.64. The first-order valence-corrected chi connectivity index (χ1v) is 5.05. The summed E-state index contributed by atoms with van der Waals surface area (Å²) in [5.74, 6) is 0.576. The van der Waals surface area contributed by atoms with E-state index < -0.39 is 0 Å². The SMILES string of the molecule is CC(C)C(O)=CC(=O)C1CCCC1. The lowest BCUT2D eigenvalue weighted by Crippen LogP contribution is -2.09. The zero-order valence-corrected chi connectivity index (χ0v) is 8.42. The maximum atomic E-state index is 11.5. The van der Waals surface area contributed by atoms with E-state index in [1.165, 1.54) is 6.08 Å². The first kappa shape index (κ1) is 10.3. The minimum atomic E-state index is 0.0605. The van der Waals surface area contributed by atoms with Gasteiger partial charge >= 0.3 is 0 Å². The van der Waals surface area contributed by atoms with Crippen molar-refractivity contribution in [1.82, 2.24) is 0 Å². The van der Waals surface area contributed by atoms with Gasteiger partial charge in [0.15, 0.2) is 5.78 Å². The third-order valence-electron chi connectivity index (χ3n) is 2.64. The van der Waals surface area contributed by atoms with Crippen molar-refractivity contribution in [2.24, 2.45) is 11.8 Å². The molecule has 0 bridgehead atoms. The minimum absolute atomic E-state index is 0.0605. The molecule has 0 atom stereocenters. The molecule has 1 aliphatic rings. The van der Waals surface area contributed by atoms with Gasteiger partial charge in [0.2, 0.25) is 0 Å². The number of carbonyl (C=O) groups excluding carboxylic acids is 1. The molecule has 0 aromatic heterocycles. The van der Waals surface area contributed by atoms with Crippen molar-refractivity contribution >= 4 is 5.78 Å². The normalized spacial score (nSPS) is 19.8. The van der Waals surface area contributed by atoms with Gasteiger partial charge in [-0.05, 0) is 12.8 Å². The predicted octanol–water partition coefficient (Wildman–Crippen LogP) is 2.84. The fourth-order valence-electron chi connectivity index (χ4n) is 1.64. The van der Waals surface area contributed by atoms with E-state index in [1.54, 1.807) is 0 Å². The van der Waals surface area contributed by atoms with Crippen LogP contribution in [-0.2, 0) is 4.79 Å². The van der Waals surface area contributed by atoms with Crippen LogP contribution in [0.3, 0.4) is 0 Å². The van der Waals surface area contributed by atoms with Crippen molar-refractivity contribution in [3.05, 3.63) is 11.8 Å². The van der Waals surface area contributed by atoms with Crippen molar-refractivity contribution in [2.45, 2.75) is 39.5 Å². The Morgan fingerprint density at radius 3 is 2.38 bits per heavy atom. The van der Waals surface area contributed by atoms with Crippen LogP contribution in [0, 0.1) is 11.8 Å². The smallest absolute Gasteiger partial charge is 0.162 e. The predicted molar refractivity (Wildman–Crippen MR) is 52.5 cm³/mol. The maximum Gasteiger partial charge on any atom is 0.162 e. The molecule has 0 aromatic rings. The molecule has 1 saturated carbocycles. The van der Waals surface area contributed by atoms with Crippen LogP contribution in [0.2, 0.25) is 0 Å². The van der Waals surface area contributed by atoms with Crippen LogP contribution >= 0.6 is 0 Å². The Bertz CT molecular complexity index is 210. The zero-order valence-electron chi connectivity index (χ0n) is 8.42. The first-order valence-electron chi connectivity index (χ1n) is 5.05. The van der Waals surface area contributed by atoms with Gasteiger partial charge in [-0.25, -0.2) is 0 Å². The standard InChI is InChI=1S/C11H18O2/c1-8(2)10(12)7-11(13)9-5-3-4-6-9/h7-9,12H,3-6H2,1-2H3. The topological polar surface area (TPSA) is 37.3 Å². The Labute approximate surface area is 79.6 Å². The van der Waals surface area contributed by atoms with Gasteiger partial charge in [0.05, 0.1) is 5.76 Å². The van der Waals surface area contributed by atoms with Crippen molar-refractivity contribution in [3.8, 4) is 0 Å². The highest BCUT2D eigenvalue weighted by molar-refractivity contribution is 5.92. The van der Waals surface area contributed by atoms with E-state index in [2.05, 4.69) is 0 Å². The lowest BCUT2D eigenvalue weighted by Gasteiger charge is -2.06. The quantitative estimate of drug-likeness (QED) is 0.538. The summed E-state index contributed by atoms with van der Waals surface area (Å²) in [5.41, 5.74) is 0. The Balaban J connectivity index is 2.52. The molecule has 74 valence electrons. The van der Waals surface area contributed by atoms with Gasteiger partial charge in [0, 0.05) is 17.9 Å². The Hall–Kier alpha value is -0.790. The van der Waals surface area contributed by atoms with E-state index in [1.807, 2.05) is 13.8 Å². The summed E-state index contributed by atoms with van der Waals surface area (Å²) in [6.45, 7) is 3.77. The van der Waals surface area contributed by atoms with Crippen LogP contribution in [0.4, 0.5) is 0 Å². The number of allylic oxidation sites excluding steroid dienone is 2. The summed E-state index contributed by atoms with van der Waals surface area (Å²) < 4.78 is 0. The van der Waals surface area contributed by atoms with Gasteiger partial charge in [0.1, 0.15) is 0 Å². The summed E-state index contributed by atoms with van der Waals surface area (Å²) in [7, 11) is 0. The van der Waals surface area contributed by atoms with Crippen molar-refractivity contribution in [3.63, 3.8) is 0 Å². The molecule has 0 radical (unpaired) electrons. The minimum Gasteiger partial charge on any atom is -0.512 e. The largest absolute Gasteiger partial charge is 0.512 e. The molecule has 0 unspecified atom stereocenters. The van der Waals surface area contributed by atoms with Gasteiger partial charge in [0.25, 0.3) is 0 Å². The number of carbonyl (C=O) groups is 1. The average Bonchev–Trinajstić information content (AvgIpc) is 2.55. The number of ketones is 1. The number of aliphatic hydroxyl groups excluding tert-OH is 1. The second kappa shape index (κ2) is 4.45. The fraction of sp³-hybridized carbons (Fsp3) is 0.727. The van der Waals surface area contributed by atoms with Gasteiger partial charge in [-0.2, -0.15) is 0 Å². The second-order valence-electron chi connectivity index (χ2n) is 4.11. The average molecular weight is 182 g/mol. The lowest BCUT2D eigenvalue weighted by molar-refractivity contribution is -0.118. The molecule has 2 heteroatoms. The number of hydrogen-bond donors (Lipinski definition) is 1. The molecule has 0 spiro atoms. The van der Waals surface area contributed by atoms with Gasteiger partial charge in [-0.15, -0.1) is 0 Å². The van der Waals surface area contributed by atoms with E-state index in [0.717, 1.165) is 25.7 Å². The highest BCUT2D eigenvalue weighted by Gasteiger charge is 2.21. The third kappa shape index (κ3) is 2.87. The zero-order chi connectivity index (χ0) is 9.84. The summed E-state index contributed by atoms with van der Waals surface area (Å²) in [5, 5.41) is 9.40. The molecule has 0 saturated heterocycles. The number of aliphatic hydroxyl groups is 1. The molecular weight excluding hydrogens is 164 g/mol. The molecule has 13 heavy (non-hydrogen) atoms. The van der Waals surface area contributed by atoms with Crippen LogP contribution < -0.4 is 0 Å². The van der Waals surface area contributed by atoms with E-state index in [4.69, 9.17) is 0 Å². The maximum absolute atomic E-state index is 11.5. The Kier molecular flexibility index (Phi) is 3.52. The monoisotopic (exact) mass is 182 g/mol.